The molecule has 2 aromatic heterocycles. The van der Waals surface area contributed by atoms with E-state index in [0.29, 0.717) is 6.04 Å². The van der Waals surface area contributed by atoms with E-state index in [-0.39, 0.29) is 24.0 Å². The number of halogens is 1. The molecule has 2 aromatic rings. The predicted molar refractivity (Wildman–Crippen MR) is 140 cm³/mol. The predicted octanol–water partition coefficient (Wildman–Crippen LogP) is 3.59. The normalized spacial score (nSPS) is 16.0. The topological polar surface area (TPSA) is 66.7 Å². The minimum Gasteiger partial charge on any atom is -0.379 e. The first kappa shape index (κ1) is 26.1. The minimum atomic E-state index is 0. The van der Waals surface area contributed by atoms with Gasteiger partial charge in [0.25, 0.3) is 0 Å². The van der Waals surface area contributed by atoms with E-state index in [4.69, 9.17) is 9.73 Å². The minimum absolute atomic E-state index is 0. The summed E-state index contributed by atoms with van der Waals surface area (Å²) in [5.41, 5.74) is 0. The lowest BCUT2D eigenvalue weighted by molar-refractivity contribution is 0.0186. The Morgan fingerprint density at radius 3 is 2.68 bits per heavy atom. The highest BCUT2D eigenvalue weighted by atomic mass is 127. The maximum atomic E-state index is 5.56. The fourth-order valence-electron chi connectivity index (χ4n) is 3.68. The van der Waals surface area contributed by atoms with Crippen LogP contribution in [0, 0.1) is 13.8 Å². The Bertz CT molecular complexity index is 787. The molecule has 1 aliphatic heterocycles. The number of unbranched alkanes of at least 4 members (excludes halogenated alkanes) is 1. The smallest absolute Gasteiger partial charge is 0.191 e. The van der Waals surface area contributed by atoms with E-state index >= 15 is 0 Å². The fraction of sp³-hybridized carbons (Fsp3) is 0.636. The summed E-state index contributed by atoms with van der Waals surface area (Å²) < 4.78 is 7.76. The molecule has 0 aromatic carbocycles. The second-order valence-electron chi connectivity index (χ2n) is 7.63. The van der Waals surface area contributed by atoms with Gasteiger partial charge in [0, 0.05) is 54.9 Å². The molecule has 9 heteroatoms. The largest absolute Gasteiger partial charge is 0.379 e. The van der Waals surface area contributed by atoms with Gasteiger partial charge in [0.2, 0.25) is 0 Å². The average molecular weight is 561 g/mol. The Hall–Kier alpha value is -1.17. The van der Waals surface area contributed by atoms with E-state index in [2.05, 4.69) is 51.1 Å². The van der Waals surface area contributed by atoms with Crippen molar-refractivity contribution < 1.29 is 4.74 Å². The Morgan fingerprint density at radius 1 is 1.23 bits per heavy atom. The van der Waals surface area contributed by atoms with Crippen molar-refractivity contribution in [2.45, 2.75) is 46.2 Å². The third-order valence-corrected chi connectivity index (χ3v) is 6.49. The Labute approximate surface area is 207 Å². The molecule has 0 aliphatic carbocycles. The van der Waals surface area contributed by atoms with Crippen molar-refractivity contribution in [3.8, 4) is 0 Å². The third kappa shape index (κ3) is 8.36. The maximum Gasteiger partial charge on any atom is 0.191 e. The molecule has 0 amide bonds. The van der Waals surface area contributed by atoms with Crippen LogP contribution < -0.4 is 10.6 Å². The summed E-state index contributed by atoms with van der Waals surface area (Å²) in [6, 6.07) is 4.78. The summed E-state index contributed by atoms with van der Waals surface area (Å²) >= 11 is 1.88. The number of nitrogens with zero attached hydrogens (tertiary/aromatic N) is 4. The summed E-state index contributed by atoms with van der Waals surface area (Å²) in [5, 5.41) is 6.90. The second kappa shape index (κ2) is 14.1. The molecule has 0 spiro atoms. The van der Waals surface area contributed by atoms with Crippen molar-refractivity contribution in [1.82, 2.24) is 25.1 Å². The molecule has 31 heavy (non-hydrogen) atoms. The third-order valence-electron chi connectivity index (χ3n) is 5.38. The van der Waals surface area contributed by atoms with Gasteiger partial charge in [-0.1, -0.05) is 0 Å². The van der Waals surface area contributed by atoms with Crippen molar-refractivity contribution in [2.24, 2.45) is 4.99 Å². The molecule has 2 N–H and O–H groups in total. The van der Waals surface area contributed by atoms with Crippen molar-refractivity contribution in [3.63, 3.8) is 0 Å². The number of aryl methyl sites for hydroxylation is 3. The number of imidazole rings is 1. The lowest BCUT2D eigenvalue weighted by Crippen LogP contribution is -2.41. The zero-order valence-corrected chi connectivity index (χ0v) is 22.1. The molecule has 174 valence electrons. The van der Waals surface area contributed by atoms with Crippen LogP contribution in [0.5, 0.6) is 0 Å². The van der Waals surface area contributed by atoms with Gasteiger partial charge in [-0.05, 0) is 45.7 Å². The van der Waals surface area contributed by atoms with Crippen LogP contribution >= 0.6 is 35.3 Å². The van der Waals surface area contributed by atoms with Gasteiger partial charge < -0.3 is 19.9 Å². The summed E-state index contributed by atoms with van der Waals surface area (Å²) in [6.45, 7) is 13.4. The van der Waals surface area contributed by atoms with E-state index in [9.17, 15) is 0 Å². The molecular weight excluding hydrogens is 523 g/mol. The second-order valence-corrected chi connectivity index (χ2v) is 8.95. The van der Waals surface area contributed by atoms with Gasteiger partial charge in [-0.25, -0.2) is 4.98 Å². The summed E-state index contributed by atoms with van der Waals surface area (Å²) in [4.78, 5) is 14.5. The van der Waals surface area contributed by atoms with Gasteiger partial charge in [0.15, 0.2) is 5.96 Å². The number of aliphatic imine (C=N–C) groups is 1. The molecule has 3 heterocycles. The van der Waals surface area contributed by atoms with Crippen LogP contribution in [0.25, 0.3) is 0 Å². The van der Waals surface area contributed by atoms with Crippen molar-refractivity contribution in [2.75, 3.05) is 45.9 Å². The van der Waals surface area contributed by atoms with Crippen LogP contribution in [-0.2, 0) is 11.3 Å². The Morgan fingerprint density at radius 2 is 2.03 bits per heavy atom. The van der Waals surface area contributed by atoms with Gasteiger partial charge in [-0.15, -0.1) is 35.3 Å². The fourth-order valence-corrected chi connectivity index (χ4v) is 4.68. The van der Waals surface area contributed by atoms with Crippen LogP contribution in [0.1, 0.15) is 41.4 Å². The zero-order valence-electron chi connectivity index (χ0n) is 19.0. The van der Waals surface area contributed by atoms with Crippen molar-refractivity contribution in [1.29, 1.82) is 0 Å². The lowest BCUT2D eigenvalue weighted by Gasteiger charge is -2.33. The molecule has 1 atom stereocenters. The number of nitrogens with one attached hydrogen (secondary N) is 2. The van der Waals surface area contributed by atoms with Crippen LogP contribution in [0.15, 0.2) is 29.5 Å². The molecule has 1 saturated heterocycles. The number of rotatable bonds is 10. The number of hydrogen-bond acceptors (Lipinski definition) is 5. The molecule has 0 bridgehead atoms. The quantitative estimate of drug-likeness (QED) is 0.201. The van der Waals surface area contributed by atoms with Gasteiger partial charge in [0.05, 0.1) is 25.8 Å². The number of aromatic nitrogens is 2. The monoisotopic (exact) mass is 560 g/mol. The van der Waals surface area contributed by atoms with Crippen molar-refractivity contribution >= 4 is 41.3 Å². The van der Waals surface area contributed by atoms with Gasteiger partial charge in [-0.2, -0.15) is 0 Å². The number of thiophene rings is 1. The molecule has 7 nitrogen and oxygen atoms in total. The summed E-state index contributed by atoms with van der Waals surface area (Å²) in [5.74, 6) is 1.98. The molecular formula is C22H37IN6OS. The Balaban J connectivity index is 0.00000341. The summed E-state index contributed by atoms with van der Waals surface area (Å²) in [7, 11) is 0. The molecule has 1 aliphatic rings. The number of ether oxygens (including phenoxy) is 1. The van der Waals surface area contributed by atoms with Gasteiger partial charge in [-0.3, -0.25) is 9.89 Å². The van der Waals surface area contributed by atoms with E-state index in [1.54, 1.807) is 0 Å². The SMILES string of the molecule is CCNC(=NCC(c1ccc(C)s1)N1CCOCC1)NCCCCn1ccnc1C.I. The first-order valence-corrected chi connectivity index (χ1v) is 11.9. The number of morpholine rings is 1. The van der Waals surface area contributed by atoms with E-state index < -0.39 is 0 Å². The molecule has 0 saturated carbocycles. The maximum absolute atomic E-state index is 5.56. The van der Waals surface area contributed by atoms with Crippen LogP contribution in [0.2, 0.25) is 0 Å². The lowest BCUT2D eigenvalue weighted by atomic mass is 10.2. The molecule has 3 rings (SSSR count). The van der Waals surface area contributed by atoms with Gasteiger partial charge in [0.1, 0.15) is 5.82 Å². The first-order valence-electron chi connectivity index (χ1n) is 11.1. The van der Waals surface area contributed by atoms with Crippen molar-refractivity contribution in [3.05, 3.63) is 40.1 Å². The van der Waals surface area contributed by atoms with Gasteiger partial charge >= 0.3 is 0 Å². The van der Waals surface area contributed by atoms with Crippen LogP contribution in [0.4, 0.5) is 0 Å². The van der Waals surface area contributed by atoms with E-state index in [1.807, 2.05) is 30.7 Å². The average Bonchev–Trinajstić information content (AvgIpc) is 3.36. The molecule has 1 unspecified atom stereocenters. The highest BCUT2D eigenvalue weighted by Gasteiger charge is 2.23. The standard InChI is InChI=1S/C22H36N6OS.HI/c1-4-23-22(25-9-5-6-11-27-12-10-24-19(27)3)26-17-20(21-8-7-18(2)30-21)28-13-15-29-16-14-28;/h7-8,10,12,20H,4-6,9,11,13-17H2,1-3H3,(H2,23,25,26);1H. The zero-order chi connectivity index (χ0) is 21.2. The highest BCUT2D eigenvalue weighted by Crippen LogP contribution is 2.28. The summed E-state index contributed by atoms with van der Waals surface area (Å²) in [6.07, 6.45) is 6.13. The highest BCUT2D eigenvalue weighted by molar-refractivity contribution is 14.0. The number of hydrogen-bond donors (Lipinski definition) is 2. The molecule has 1 fully saturated rings. The molecule has 0 radical (unpaired) electrons. The van der Waals surface area contributed by atoms with E-state index in [0.717, 1.165) is 77.1 Å². The number of guanidine groups is 1. The van der Waals surface area contributed by atoms with Crippen LogP contribution in [-0.4, -0.2) is 66.3 Å². The van der Waals surface area contributed by atoms with Crippen LogP contribution in [0.3, 0.4) is 0 Å². The van der Waals surface area contributed by atoms with E-state index in [1.165, 1.54) is 9.75 Å². The first-order chi connectivity index (χ1) is 14.7. The Kier molecular flexibility index (Phi) is 11.8.